The second-order valence-corrected chi connectivity index (χ2v) is 6.90. The van der Waals surface area contributed by atoms with Crippen molar-refractivity contribution in [2.45, 2.75) is 6.92 Å². The summed E-state index contributed by atoms with van der Waals surface area (Å²) in [4.78, 5) is 19.2. The molecule has 1 aromatic carbocycles. The normalized spacial score (nSPS) is 18.4. The summed E-state index contributed by atoms with van der Waals surface area (Å²) in [7, 11) is 0. The molecule has 0 bridgehead atoms. The van der Waals surface area contributed by atoms with Crippen LogP contribution in [0.3, 0.4) is 0 Å². The van der Waals surface area contributed by atoms with E-state index in [0.29, 0.717) is 37.8 Å². The smallest absolute Gasteiger partial charge is 0.266 e. The number of nitrogens with zero attached hydrogens (tertiary/aromatic N) is 2. The van der Waals surface area contributed by atoms with Gasteiger partial charge in [0.1, 0.15) is 5.76 Å². The van der Waals surface area contributed by atoms with Gasteiger partial charge in [0.2, 0.25) is 0 Å². The first-order chi connectivity index (χ1) is 11.1. The van der Waals surface area contributed by atoms with Gasteiger partial charge in [0, 0.05) is 17.6 Å². The third-order valence-electron chi connectivity index (χ3n) is 3.10. The highest BCUT2D eigenvalue weighted by Crippen LogP contribution is 2.34. The maximum atomic E-state index is 12.5. The molecule has 1 amide bonds. The van der Waals surface area contributed by atoms with Crippen molar-refractivity contribution in [3.63, 3.8) is 0 Å². The van der Waals surface area contributed by atoms with Gasteiger partial charge >= 0.3 is 0 Å². The fourth-order valence-corrected chi connectivity index (χ4v) is 3.61. The molecule has 0 spiro atoms. The molecular weight excluding hydrogens is 400 g/mol. The number of amidine groups is 1. The van der Waals surface area contributed by atoms with Gasteiger partial charge in [-0.15, -0.1) is 0 Å². The fraction of sp³-hybridized carbons (Fsp3) is 0.125. The number of carbonyl (C=O) groups excluding carboxylic acids is 1. The molecule has 23 heavy (non-hydrogen) atoms. The van der Waals surface area contributed by atoms with Crippen molar-refractivity contribution >= 4 is 62.1 Å². The summed E-state index contributed by atoms with van der Waals surface area (Å²) in [6.45, 7) is 2.46. The molecule has 3 rings (SSSR count). The van der Waals surface area contributed by atoms with E-state index in [9.17, 15) is 4.79 Å². The zero-order valence-electron chi connectivity index (χ0n) is 12.1. The number of aliphatic imine (C=N–C) groups is 1. The Labute approximate surface area is 151 Å². The minimum atomic E-state index is -0.0780. The molecule has 0 aliphatic carbocycles. The van der Waals surface area contributed by atoms with Gasteiger partial charge in [-0.1, -0.05) is 17.7 Å². The number of furan rings is 1. The maximum absolute atomic E-state index is 12.5. The van der Waals surface area contributed by atoms with Crippen LogP contribution in [-0.4, -0.2) is 22.5 Å². The second kappa shape index (κ2) is 6.95. The molecule has 4 nitrogen and oxygen atoms in total. The molecule has 2 heterocycles. The number of halogens is 2. The van der Waals surface area contributed by atoms with E-state index in [1.807, 2.05) is 19.1 Å². The number of hydrogen-bond donors (Lipinski definition) is 0. The Morgan fingerprint density at radius 3 is 2.87 bits per heavy atom. The van der Waals surface area contributed by atoms with E-state index in [4.69, 9.17) is 16.0 Å². The Morgan fingerprint density at radius 2 is 2.22 bits per heavy atom. The lowest BCUT2D eigenvalue weighted by molar-refractivity contribution is -0.122. The Balaban J connectivity index is 1.93. The third-order valence-corrected chi connectivity index (χ3v) is 4.77. The molecule has 0 saturated carbocycles. The average Bonchev–Trinajstić information content (AvgIpc) is 3.04. The first kappa shape index (κ1) is 16.4. The van der Waals surface area contributed by atoms with E-state index in [1.54, 1.807) is 35.2 Å². The molecule has 1 aliphatic rings. The highest BCUT2D eigenvalue weighted by molar-refractivity contribution is 9.10. The van der Waals surface area contributed by atoms with Crippen LogP contribution < -0.4 is 0 Å². The van der Waals surface area contributed by atoms with E-state index in [2.05, 4.69) is 20.9 Å². The third kappa shape index (κ3) is 3.71. The Bertz CT molecular complexity index is 816. The lowest BCUT2D eigenvalue weighted by Gasteiger charge is -2.11. The molecule has 2 aromatic rings. The molecule has 1 aliphatic heterocycles. The largest absolute Gasteiger partial charge is 0.450 e. The van der Waals surface area contributed by atoms with Gasteiger partial charge < -0.3 is 4.42 Å². The number of rotatable bonds is 3. The Hall–Kier alpha value is -1.50. The molecule has 0 unspecified atom stereocenters. The number of likely N-dealkylation sites (N-methyl/N-ethyl adjacent to an activating group) is 1. The Morgan fingerprint density at radius 1 is 1.39 bits per heavy atom. The Kier molecular flexibility index (Phi) is 4.94. The molecule has 0 N–H and O–H groups in total. The van der Waals surface area contributed by atoms with Gasteiger partial charge in [0.05, 0.1) is 10.6 Å². The monoisotopic (exact) mass is 410 g/mol. The predicted octanol–water partition coefficient (Wildman–Crippen LogP) is 5.32. The molecule has 1 saturated heterocycles. The SMILES string of the molecule is CCN1C(=O)/C(=C\c2ccc(Br)o2)SC1=Nc1cccc(Cl)c1. The van der Waals surface area contributed by atoms with Crippen molar-refractivity contribution in [1.29, 1.82) is 0 Å². The summed E-state index contributed by atoms with van der Waals surface area (Å²) in [6.07, 6.45) is 1.72. The maximum Gasteiger partial charge on any atom is 0.266 e. The van der Waals surface area contributed by atoms with E-state index >= 15 is 0 Å². The number of amides is 1. The molecule has 118 valence electrons. The fourth-order valence-electron chi connectivity index (χ4n) is 2.06. The van der Waals surface area contributed by atoms with Crippen LogP contribution in [0.4, 0.5) is 5.69 Å². The number of carbonyl (C=O) groups is 1. The van der Waals surface area contributed by atoms with Crippen LogP contribution in [0.25, 0.3) is 6.08 Å². The number of hydrogen-bond acceptors (Lipinski definition) is 4. The lowest BCUT2D eigenvalue weighted by Crippen LogP contribution is -2.28. The first-order valence-electron chi connectivity index (χ1n) is 6.88. The van der Waals surface area contributed by atoms with Crippen molar-refractivity contribution in [1.82, 2.24) is 4.90 Å². The van der Waals surface area contributed by atoms with Gasteiger partial charge in [0.15, 0.2) is 9.84 Å². The van der Waals surface area contributed by atoms with Crippen LogP contribution in [0.2, 0.25) is 5.02 Å². The van der Waals surface area contributed by atoms with Gasteiger partial charge in [-0.25, -0.2) is 4.99 Å². The van der Waals surface area contributed by atoms with E-state index < -0.39 is 0 Å². The first-order valence-corrected chi connectivity index (χ1v) is 8.86. The molecule has 1 fully saturated rings. The zero-order chi connectivity index (χ0) is 16.4. The van der Waals surface area contributed by atoms with Crippen LogP contribution in [-0.2, 0) is 4.79 Å². The standard InChI is InChI=1S/C16H12BrClN2O2S/c1-2-20-15(21)13(9-12-6-7-14(17)22-12)23-16(20)19-11-5-3-4-10(18)8-11/h3-9H,2H2,1H3/b13-9+,19-16?. The second-order valence-electron chi connectivity index (χ2n) is 4.68. The van der Waals surface area contributed by atoms with E-state index in [0.717, 1.165) is 0 Å². The van der Waals surface area contributed by atoms with Crippen molar-refractivity contribution in [2.24, 2.45) is 4.99 Å². The van der Waals surface area contributed by atoms with Crippen molar-refractivity contribution < 1.29 is 9.21 Å². The predicted molar refractivity (Wildman–Crippen MR) is 97.9 cm³/mol. The number of thioether (sulfide) groups is 1. The summed E-state index contributed by atoms with van der Waals surface area (Å²) in [6, 6.07) is 10.8. The van der Waals surface area contributed by atoms with Gasteiger partial charge in [-0.05, 0) is 64.9 Å². The average molecular weight is 412 g/mol. The molecule has 0 radical (unpaired) electrons. The quantitative estimate of drug-likeness (QED) is 0.642. The van der Waals surface area contributed by atoms with Crippen molar-refractivity contribution in [2.75, 3.05) is 6.54 Å². The van der Waals surface area contributed by atoms with Crippen LogP contribution in [0.1, 0.15) is 12.7 Å². The van der Waals surface area contributed by atoms with Gasteiger partial charge in [-0.3, -0.25) is 9.69 Å². The van der Waals surface area contributed by atoms with Crippen molar-refractivity contribution in [3.8, 4) is 0 Å². The van der Waals surface area contributed by atoms with Crippen LogP contribution in [0.5, 0.6) is 0 Å². The molecule has 7 heteroatoms. The van der Waals surface area contributed by atoms with Gasteiger partial charge in [0.25, 0.3) is 5.91 Å². The van der Waals surface area contributed by atoms with Crippen LogP contribution >= 0.6 is 39.3 Å². The minimum Gasteiger partial charge on any atom is -0.450 e. The zero-order valence-corrected chi connectivity index (χ0v) is 15.3. The summed E-state index contributed by atoms with van der Waals surface area (Å²) in [5.74, 6) is 0.540. The van der Waals surface area contributed by atoms with Crippen LogP contribution in [0, 0.1) is 0 Å². The summed E-state index contributed by atoms with van der Waals surface area (Å²) >= 11 is 10.6. The molecule has 0 atom stereocenters. The van der Waals surface area contributed by atoms with Crippen molar-refractivity contribution in [3.05, 3.63) is 56.8 Å². The van der Waals surface area contributed by atoms with Crippen LogP contribution in [0.15, 0.2) is 55.4 Å². The molecular formula is C16H12BrClN2O2S. The number of benzene rings is 1. The van der Waals surface area contributed by atoms with Gasteiger partial charge in [-0.2, -0.15) is 0 Å². The highest BCUT2D eigenvalue weighted by atomic mass is 79.9. The van der Waals surface area contributed by atoms with E-state index in [1.165, 1.54) is 11.8 Å². The minimum absolute atomic E-state index is 0.0780. The highest BCUT2D eigenvalue weighted by Gasteiger charge is 2.32. The summed E-state index contributed by atoms with van der Waals surface area (Å²) in [5.41, 5.74) is 0.716. The summed E-state index contributed by atoms with van der Waals surface area (Å²) < 4.78 is 6.06. The topological polar surface area (TPSA) is 45.8 Å². The summed E-state index contributed by atoms with van der Waals surface area (Å²) in [5, 5.41) is 1.25. The lowest BCUT2D eigenvalue weighted by atomic mass is 10.3. The van der Waals surface area contributed by atoms with E-state index in [-0.39, 0.29) is 5.91 Å². The molecule has 1 aromatic heterocycles.